The van der Waals surface area contributed by atoms with Crippen molar-refractivity contribution in [2.45, 2.75) is 13.8 Å². The molecule has 21 heavy (non-hydrogen) atoms. The number of nitrogens with one attached hydrogen (secondary N) is 1. The Balaban J connectivity index is 2.25. The summed E-state index contributed by atoms with van der Waals surface area (Å²) in [4.78, 5) is 10.9. The van der Waals surface area contributed by atoms with E-state index in [1.165, 1.54) is 12.1 Å². The molecular formula is C15H13ClFN3S. The van der Waals surface area contributed by atoms with Crippen LogP contribution in [0.3, 0.4) is 0 Å². The summed E-state index contributed by atoms with van der Waals surface area (Å²) in [6.07, 6.45) is 0. The molecule has 1 aromatic carbocycles. The smallest absolute Gasteiger partial charge is 0.166 e. The number of thiophene rings is 1. The van der Waals surface area contributed by atoms with E-state index in [9.17, 15) is 4.39 Å². The number of nitrogens with zero attached hydrogens (tertiary/aromatic N) is 2. The van der Waals surface area contributed by atoms with Crippen LogP contribution in [0.15, 0.2) is 24.3 Å². The predicted octanol–water partition coefficient (Wildman–Crippen LogP) is 4.89. The fourth-order valence-corrected chi connectivity index (χ4v) is 3.18. The van der Waals surface area contributed by atoms with Gasteiger partial charge in [-0.05, 0) is 38.1 Å². The van der Waals surface area contributed by atoms with Crippen LogP contribution in [0, 0.1) is 12.7 Å². The summed E-state index contributed by atoms with van der Waals surface area (Å²) in [5.41, 5.74) is 0.314. The maximum Gasteiger partial charge on any atom is 0.166 e. The normalized spacial score (nSPS) is 11.0. The summed E-state index contributed by atoms with van der Waals surface area (Å²) >= 11 is 7.52. The highest BCUT2D eigenvalue weighted by atomic mass is 35.5. The Labute approximate surface area is 130 Å². The predicted molar refractivity (Wildman–Crippen MR) is 86.7 cm³/mol. The molecule has 108 valence electrons. The Kier molecular flexibility index (Phi) is 3.78. The molecule has 6 heteroatoms. The molecular weight excluding hydrogens is 309 g/mol. The van der Waals surface area contributed by atoms with E-state index >= 15 is 0 Å². The fraction of sp³-hybridized carbons (Fsp3) is 0.200. The first-order valence-corrected chi connectivity index (χ1v) is 7.75. The molecule has 0 aliphatic rings. The zero-order chi connectivity index (χ0) is 15.0. The van der Waals surface area contributed by atoms with E-state index in [4.69, 9.17) is 11.6 Å². The maximum atomic E-state index is 14.0. The van der Waals surface area contributed by atoms with Crippen molar-refractivity contribution in [1.82, 2.24) is 9.97 Å². The van der Waals surface area contributed by atoms with Crippen molar-refractivity contribution >= 4 is 39.0 Å². The standard InChI is InChI=1S/C15H13ClFN3S/c1-3-18-13-11-6-8(2)21-15(11)20-14(19-13)10-7-9(16)4-5-12(10)17/h4-7H,3H2,1-2H3,(H,18,19,20). The molecule has 0 amide bonds. The van der Waals surface area contributed by atoms with E-state index in [-0.39, 0.29) is 5.82 Å². The Bertz CT molecular complexity index is 816. The number of anilines is 1. The molecule has 0 fully saturated rings. The van der Waals surface area contributed by atoms with Gasteiger partial charge in [0.15, 0.2) is 5.82 Å². The van der Waals surface area contributed by atoms with Crippen LogP contribution in [0.25, 0.3) is 21.6 Å². The third-order valence-electron chi connectivity index (χ3n) is 3.03. The number of rotatable bonds is 3. The third-order valence-corrected chi connectivity index (χ3v) is 4.21. The summed E-state index contributed by atoms with van der Waals surface area (Å²) in [5.74, 6) is 0.691. The van der Waals surface area contributed by atoms with Crippen molar-refractivity contribution in [3.05, 3.63) is 40.0 Å². The van der Waals surface area contributed by atoms with E-state index in [0.29, 0.717) is 16.4 Å². The van der Waals surface area contributed by atoms with Crippen molar-refractivity contribution in [2.75, 3.05) is 11.9 Å². The fourth-order valence-electron chi connectivity index (χ4n) is 2.13. The lowest BCUT2D eigenvalue weighted by Crippen LogP contribution is -2.02. The largest absolute Gasteiger partial charge is 0.370 e. The first kappa shape index (κ1) is 14.2. The van der Waals surface area contributed by atoms with Crippen molar-refractivity contribution in [2.24, 2.45) is 0 Å². The highest BCUT2D eigenvalue weighted by Crippen LogP contribution is 2.32. The van der Waals surface area contributed by atoms with Gasteiger partial charge in [-0.1, -0.05) is 11.6 Å². The van der Waals surface area contributed by atoms with Crippen molar-refractivity contribution in [1.29, 1.82) is 0 Å². The number of hydrogen-bond donors (Lipinski definition) is 1. The highest BCUT2D eigenvalue weighted by Gasteiger charge is 2.14. The quantitative estimate of drug-likeness (QED) is 0.746. The van der Waals surface area contributed by atoms with E-state index in [2.05, 4.69) is 15.3 Å². The van der Waals surface area contributed by atoms with Crippen LogP contribution in [-0.2, 0) is 0 Å². The number of aromatic nitrogens is 2. The Morgan fingerprint density at radius 3 is 2.86 bits per heavy atom. The van der Waals surface area contributed by atoms with Crippen molar-refractivity contribution in [3.8, 4) is 11.4 Å². The molecule has 2 aromatic heterocycles. The maximum absolute atomic E-state index is 14.0. The van der Waals surface area contributed by atoms with Gasteiger partial charge in [0.25, 0.3) is 0 Å². The molecule has 0 saturated heterocycles. The van der Waals surface area contributed by atoms with Gasteiger partial charge in [-0.25, -0.2) is 14.4 Å². The number of halogens is 2. The average molecular weight is 322 g/mol. The molecule has 2 heterocycles. The SMILES string of the molecule is CCNc1nc(-c2cc(Cl)ccc2F)nc2sc(C)cc12. The molecule has 0 unspecified atom stereocenters. The van der Waals surface area contributed by atoms with Crippen LogP contribution in [0.1, 0.15) is 11.8 Å². The van der Waals surface area contributed by atoms with Crippen molar-refractivity contribution < 1.29 is 4.39 Å². The van der Waals surface area contributed by atoms with Gasteiger partial charge in [-0.2, -0.15) is 0 Å². The van der Waals surface area contributed by atoms with Gasteiger partial charge < -0.3 is 5.32 Å². The number of hydrogen-bond acceptors (Lipinski definition) is 4. The van der Waals surface area contributed by atoms with Crippen LogP contribution in [-0.4, -0.2) is 16.5 Å². The molecule has 3 rings (SSSR count). The van der Waals surface area contributed by atoms with Crippen molar-refractivity contribution in [3.63, 3.8) is 0 Å². The second-order valence-electron chi connectivity index (χ2n) is 4.63. The number of fused-ring (bicyclic) bond motifs is 1. The second-order valence-corrected chi connectivity index (χ2v) is 6.30. The number of aryl methyl sites for hydroxylation is 1. The molecule has 0 saturated carbocycles. The minimum absolute atomic E-state index is 0.314. The van der Waals surface area contributed by atoms with Gasteiger partial charge in [0, 0.05) is 16.4 Å². The minimum atomic E-state index is -0.380. The molecule has 1 N–H and O–H groups in total. The topological polar surface area (TPSA) is 37.8 Å². The molecule has 3 nitrogen and oxygen atoms in total. The second kappa shape index (κ2) is 5.58. The molecule has 0 spiro atoms. The molecule has 0 atom stereocenters. The molecule has 0 aliphatic heterocycles. The van der Waals surface area contributed by atoms with Gasteiger partial charge in [0.2, 0.25) is 0 Å². The van der Waals surface area contributed by atoms with E-state index < -0.39 is 0 Å². The highest BCUT2D eigenvalue weighted by molar-refractivity contribution is 7.18. The van der Waals surface area contributed by atoms with E-state index in [0.717, 1.165) is 27.5 Å². The lowest BCUT2D eigenvalue weighted by molar-refractivity contribution is 0.630. The summed E-state index contributed by atoms with van der Waals surface area (Å²) in [6, 6.07) is 6.43. The van der Waals surface area contributed by atoms with E-state index in [1.807, 2.05) is 19.9 Å². The summed E-state index contributed by atoms with van der Waals surface area (Å²) in [6.45, 7) is 4.74. The van der Waals surface area contributed by atoms with Gasteiger partial charge in [-0.3, -0.25) is 0 Å². The Hall–Kier alpha value is -1.72. The molecule has 0 radical (unpaired) electrons. The van der Waals surface area contributed by atoms with Gasteiger partial charge in [0.05, 0.1) is 10.9 Å². The van der Waals surface area contributed by atoms with Crippen LogP contribution in [0.2, 0.25) is 5.02 Å². The van der Waals surface area contributed by atoms with Crippen LogP contribution < -0.4 is 5.32 Å². The molecule has 3 aromatic rings. The summed E-state index contributed by atoms with van der Waals surface area (Å²) < 4.78 is 14.0. The summed E-state index contributed by atoms with van der Waals surface area (Å²) in [7, 11) is 0. The third kappa shape index (κ3) is 2.71. The number of benzene rings is 1. The molecule has 0 bridgehead atoms. The Morgan fingerprint density at radius 1 is 1.29 bits per heavy atom. The lowest BCUT2D eigenvalue weighted by Gasteiger charge is -2.08. The lowest BCUT2D eigenvalue weighted by atomic mass is 10.2. The van der Waals surface area contributed by atoms with Crippen LogP contribution in [0.5, 0.6) is 0 Å². The zero-order valence-electron chi connectivity index (χ0n) is 11.6. The van der Waals surface area contributed by atoms with Gasteiger partial charge in [-0.15, -0.1) is 11.3 Å². The first-order valence-electron chi connectivity index (χ1n) is 6.56. The summed E-state index contributed by atoms with van der Waals surface area (Å²) in [5, 5.41) is 4.63. The average Bonchev–Trinajstić information content (AvgIpc) is 2.82. The van der Waals surface area contributed by atoms with E-state index in [1.54, 1.807) is 17.4 Å². The van der Waals surface area contributed by atoms with Crippen LogP contribution >= 0.6 is 22.9 Å². The zero-order valence-corrected chi connectivity index (χ0v) is 13.1. The molecule has 0 aliphatic carbocycles. The van der Waals surface area contributed by atoms with Gasteiger partial charge >= 0.3 is 0 Å². The Morgan fingerprint density at radius 2 is 2.10 bits per heavy atom. The van der Waals surface area contributed by atoms with Gasteiger partial charge in [0.1, 0.15) is 16.5 Å². The van der Waals surface area contributed by atoms with Crippen LogP contribution in [0.4, 0.5) is 10.2 Å². The first-order chi connectivity index (χ1) is 10.1. The minimum Gasteiger partial charge on any atom is -0.370 e. The monoisotopic (exact) mass is 321 g/mol.